The summed E-state index contributed by atoms with van der Waals surface area (Å²) in [4.78, 5) is 12.1. The molecule has 1 aromatic heterocycles. The number of nitrogens with one attached hydrogen (secondary N) is 1. The Morgan fingerprint density at radius 1 is 1.19 bits per heavy atom. The molecule has 2 aromatic carbocycles. The van der Waals surface area contributed by atoms with Crippen molar-refractivity contribution in [1.82, 2.24) is 0 Å². The summed E-state index contributed by atoms with van der Waals surface area (Å²) in [5, 5.41) is 3.86. The second-order valence-corrected chi connectivity index (χ2v) is 5.91. The number of fused-ring (bicyclic) bond motifs is 1. The SMILES string of the molecule is Cc1ccc(NC(=O)Cc2coc3ccc(Br)cc23)cc1. The second kappa shape index (κ2) is 5.74. The number of halogens is 1. The number of anilines is 1. The Balaban J connectivity index is 1.77. The van der Waals surface area contributed by atoms with E-state index in [4.69, 9.17) is 4.42 Å². The number of carbonyl (C=O) groups excluding carboxylic acids is 1. The Bertz CT molecular complexity index is 790. The monoisotopic (exact) mass is 343 g/mol. The Labute approximate surface area is 131 Å². The highest BCUT2D eigenvalue weighted by Gasteiger charge is 2.11. The summed E-state index contributed by atoms with van der Waals surface area (Å²) in [6.07, 6.45) is 1.93. The van der Waals surface area contributed by atoms with Crippen LogP contribution in [0.1, 0.15) is 11.1 Å². The van der Waals surface area contributed by atoms with Crippen molar-refractivity contribution in [2.45, 2.75) is 13.3 Å². The van der Waals surface area contributed by atoms with E-state index in [1.807, 2.05) is 49.4 Å². The number of furan rings is 1. The number of carbonyl (C=O) groups is 1. The van der Waals surface area contributed by atoms with E-state index in [0.717, 1.165) is 26.7 Å². The summed E-state index contributed by atoms with van der Waals surface area (Å²) < 4.78 is 6.44. The van der Waals surface area contributed by atoms with Crippen LogP contribution in [0.3, 0.4) is 0 Å². The molecule has 4 heteroatoms. The third-order valence-electron chi connectivity index (χ3n) is 3.30. The van der Waals surface area contributed by atoms with Crippen molar-refractivity contribution in [3.05, 3.63) is 64.3 Å². The molecule has 1 N–H and O–H groups in total. The average molecular weight is 344 g/mol. The van der Waals surface area contributed by atoms with Crippen LogP contribution in [0.5, 0.6) is 0 Å². The van der Waals surface area contributed by atoms with Crippen LogP contribution in [0, 0.1) is 6.92 Å². The lowest BCUT2D eigenvalue weighted by Crippen LogP contribution is -2.14. The molecule has 0 spiro atoms. The zero-order valence-electron chi connectivity index (χ0n) is 11.5. The van der Waals surface area contributed by atoms with Crippen LogP contribution in [-0.2, 0) is 11.2 Å². The standard InChI is InChI=1S/C17H14BrNO2/c1-11-2-5-14(6-3-11)19-17(20)8-12-10-21-16-7-4-13(18)9-15(12)16/h2-7,9-10H,8H2,1H3,(H,19,20). The minimum absolute atomic E-state index is 0.0541. The van der Waals surface area contributed by atoms with Crippen LogP contribution in [0.15, 0.2) is 57.6 Å². The Morgan fingerprint density at radius 2 is 1.95 bits per heavy atom. The molecular weight excluding hydrogens is 330 g/mol. The van der Waals surface area contributed by atoms with Crippen LogP contribution >= 0.6 is 15.9 Å². The van der Waals surface area contributed by atoms with Gasteiger partial charge in [0.15, 0.2) is 0 Å². The molecule has 0 bridgehead atoms. The molecule has 3 nitrogen and oxygen atoms in total. The van der Waals surface area contributed by atoms with Crippen LogP contribution in [0.25, 0.3) is 11.0 Å². The predicted molar refractivity (Wildman–Crippen MR) is 87.4 cm³/mol. The molecule has 1 amide bonds. The highest BCUT2D eigenvalue weighted by molar-refractivity contribution is 9.10. The maximum absolute atomic E-state index is 12.1. The normalized spacial score (nSPS) is 10.8. The Kier molecular flexibility index (Phi) is 3.80. The molecule has 3 rings (SSSR count). The first-order valence-corrected chi connectivity index (χ1v) is 7.43. The number of aryl methyl sites for hydroxylation is 1. The van der Waals surface area contributed by atoms with Gasteiger partial charge in [0, 0.05) is 21.1 Å². The van der Waals surface area contributed by atoms with Crippen molar-refractivity contribution < 1.29 is 9.21 Å². The van der Waals surface area contributed by atoms with Crippen molar-refractivity contribution >= 4 is 38.5 Å². The lowest BCUT2D eigenvalue weighted by Gasteiger charge is -2.05. The number of amides is 1. The lowest BCUT2D eigenvalue weighted by atomic mass is 10.1. The van der Waals surface area contributed by atoms with Gasteiger partial charge >= 0.3 is 0 Å². The zero-order chi connectivity index (χ0) is 14.8. The minimum atomic E-state index is -0.0541. The molecule has 0 saturated heterocycles. The van der Waals surface area contributed by atoms with Gasteiger partial charge in [0.05, 0.1) is 12.7 Å². The van der Waals surface area contributed by atoms with E-state index in [-0.39, 0.29) is 12.3 Å². The summed E-state index contributed by atoms with van der Waals surface area (Å²) in [5.74, 6) is -0.0541. The first-order chi connectivity index (χ1) is 10.1. The van der Waals surface area contributed by atoms with Crippen LogP contribution in [-0.4, -0.2) is 5.91 Å². The fraction of sp³-hybridized carbons (Fsp3) is 0.118. The number of rotatable bonds is 3. The quantitative estimate of drug-likeness (QED) is 0.749. The third kappa shape index (κ3) is 3.16. The van der Waals surface area contributed by atoms with E-state index in [1.54, 1.807) is 6.26 Å². The van der Waals surface area contributed by atoms with Gasteiger partial charge in [0.25, 0.3) is 0 Å². The van der Waals surface area contributed by atoms with Gasteiger partial charge in [-0.2, -0.15) is 0 Å². The molecule has 0 aliphatic heterocycles. The number of hydrogen-bond donors (Lipinski definition) is 1. The molecule has 3 aromatic rings. The molecule has 0 radical (unpaired) electrons. The second-order valence-electron chi connectivity index (χ2n) is 4.99. The molecule has 0 aliphatic rings. The van der Waals surface area contributed by atoms with Crippen LogP contribution in [0.2, 0.25) is 0 Å². The number of hydrogen-bond acceptors (Lipinski definition) is 2. The van der Waals surface area contributed by atoms with Crippen LogP contribution < -0.4 is 5.32 Å². The molecule has 106 valence electrons. The Morgan fingerprint density at radius 3 is 2.71 bits per heavy atom. The van der Waals surface area contributed by atoms with Gasteiger partial charge in [-0.15, -0.1) is 0 Å². The van der Waals surface area contributed by atoms with E-state index in [1.165, 1.54) is 5.56 Å². The zero-order valence-corrected chi connectivity index (χ0v) is 13.1. The van der Waals surface area contributed by atoms with E-state index < -0.39 is 0 Å². The highest BCUT2D eigenvalue weighted by Crippen LogP contribution is 2.25. The number of benzene rings is 2. The predicted octanol–water partition coefficient (Wildman–Crippen LogP) is 4.68. The van der Waals surface area contributed by atoms with Crippen molar-refractivity contribution in [3.8, 4) is 0 Å². The maximum Gasteiger partial charge on any atom is 0.228 e. The van der Waals surface area contributed by atoms with Gasteiger partial charge in [-0.05, 0) is 37.3 Å². The fourth-order valence-electron chi connectivity index (χ4n) is 2.21. The van der Waals surface area contributed by atoms with Gasteiger partial charge in [-0.25, -0.2) is 0 Å². The van der Waals surface area contributed by atoms with E-state index >= 15 is 0 Å². The third-order valence-corrected chi connectivity index (χ3v) is 3.80. The van der Waals surface area contributed by atoms with Crippen molar-refractivity contribution in [2.75, 3.05) is 5.32 Å². The minimum Gasteiger partial charge on any atom is -0.464 e. The lowest BCUT2D eigenvalue weighted by molar-refractivity contribution is -0.115. The molecular formula is C17H14BrNO2. The maximum atomic E-state index is 12.1. The first kappa shape index (κ1) is 13.9. The van der Waals surface area contributed by atoms with E-state index in [0.29, 0.717) is 0 Å². The molecule has 0 aliphatic carbocycles. The summed E-state index contributed by atoms with van der Waals surface area (Å²) in [6, 6.07) is 13.5. The fourth-order valence-corrected chi connectivity index (χ4v) is 2.57. The van der Waals surface area contributed by atoms with E-state index in [9.17, 15) is 4.79 Å². The van der Waals surface area contributed by atoms with Gasteiger partial charge < -0.3 is 9.73 Å². The first-order valence-electron chi connectivity index (χ1n) is 6.64. The molecule has 1 heterocycles. The largest absolute Gasteiger partial charge is 0.464 e. The smallest absolute Gasteiger partial charge is 0.228 e. The van der Waals surface area contributed by atoms with Crippen LogP contribution in [0.4, 0.5) is 5.69 Å². The van der Waals surface area contributed by atoms with E-state index in [2.05, 4.69) is 21.2 Å². The van der Waals surface area contributed by atoms with Crippen molar-refractivity contribution in [2.24, 2.45) is 0 Å². The average Bonchev–Trinajstić information content (AvgIpc) is 2.84. The molecule has 0 fully saturated rings. The summed E-state index contributed by atoms with van der Waals surface area (Å²) in [6.45, 7) is 2.01. The van der Waals surface area contributed by atoms with Gasteiger partial charge in [0.1, 0.15) is 5.58 Å². The Hall–Kier alpha value is -2.07. The highest BCUT2D eigenvalue weighted by atomic mass is 79.9. The molecule has 0 unspecified atom stereocenters. The van der Waals surface area contributed by atoms with Gasteiger partial charge in [-0.1, -0.05) is 33.6 Å². The summed E-state index contributed by atoms with van der Waals surface area (Å²) in [5.41, 5.74) is 3.64. The molecule has 0 atom stereocenters. The molecule has 0 saturated carbocycles. The summed E-state index contributed by atoms with van der Waals surface area (Å²) in [7, 11) is 0. The topological polar surface area (TPSA) is 42.2 Å². The van der Waals surface area contributed by atoms with Gasteiger partial charge in [0.2, 0.25) is 5.91 Å². The van der Waals surface area contributed by atoms with Crippen molar-refractivity contribution in [3.63, 3.8) is 0 Å². The van der Waals surface area contributed by atoms with Crippen molar-refractivity contribution in [1.29, 1.82) is 0 Å². The summed E-state index contributed by atoms with van der Waals surface area (Å²) >= 11 is 3.44. The van der Waals surface area contributed by atoms with Gasteiger partial charge in [-0.3, -0.25) is 4.79 Å². The molecule has 21 heavy (non-hydrogen) atoms.